The average molecular weight is 311 g/mol. The van der Waals surface area contributed by atoms with Crippen LogP contribution in [0.5, 0.6) is 5.75 Å². The Morgan fingerprint density at radius 1 is 1.25 bits per heavy atom. The van der Waals surface area contributed by atoms with Gasteiger partial charge in [0, 0.05) is 23.3 Å². The van der Waals surface area contributed by atoms with Crippen molar-refractivity contribution in [3.05, 3.63) is 57.8 Å². The molecule has 0 unspecified atom stereocenters. The zero-order valence-corrected chi connectivity index (χ0v) is 12.7. The molecule has 1 aromatic carbocycles. The third-order valence-corrected chi connectivity index (χ3v) is 3.24. The molecule has 0 bridgehead atoms. The highest BCUT2D eigenvalue weighted by molar-refractivity contribution is 6.35. The van der Waals surface area contributed by atoms with Gasteiger partial charge in [0.15, 0.2) is 0 Å². The maximum absolute atomic E-state index is 6.22. The molecular weight excluding hydrogens is 295 g/mol. The first-order valence-electron chi connectivity index (χ1n) is 6.42. The van der Waals surface area contributed by atoms with Crippen molar-refractivity contribution < 1.29 is 4.74 Å². The van der Waals surface area contributed by atoms with E-state index < -0.39 is 0 Å². The van der Waals surface area contributed by atoms with Gasteiger partial charge < -0.3 is 10.1 Å². The Bertz CT molecular complexity index is 561. The van der Waals surface area contributed by atoms with Gasteiger partial charge in [0.1, 0.15) is 12.4 Å². The quantitative estimate of drug-likeness (QED) is 0.873. The van der Waals surface area contributed by atoms with E-state index in [0.29, 0.717) is 28.9 Å². The fourth-order valence-corrected chi connectivity index (χ4v) is 2.39. The zero-order valence-electron chi connectivity index (χ0n) is 11.2. The molecule has 1 heterocycles. The Labute approximate surface area is 128 Å². The molecule has 0 aliphatic rings. The first-order chi connectivity index (χ1) is 9.70. The minimum atomic E-state index is 0.376. The van der Waals surface area contributed by atoms with E-state index in [-0.39, 0.29) is 0 Å². The molecule has 2 aromatic rings. The predicted molar refractivity (Wildman–Crippen MR) is 82.4 cm³/mol. The number of rotatable bonds is 6. The molecule has 0 saturated heterocycles. The van der Waals surface area contributed by atoms with Crippen LogP contribution in [0.4, 0.5) is 0 Å². The van der Waals surface area contributed by atoms with E-state index in [2.05, 4.69) is 10.3 Å². The van der Waals surface area contributed by atoms with Crippen LogP contribution in [-0.2, 0) is 13.2 Å². The van der Waals surface area contributed by atoms with Gasteiger partial charge in [-0.05, 0) is 30.8 Å². The zero-order chi connectivity index (χ0) is 14.4. The summed E-state index contributed by atoms with van der Waals surface area (Å²) in [7, 11) is 0. The van der Waals surface area contributed by atoms with E-state index in [0.717, 1.165) is 17.8 Å². The lowest BCUT2D eigenvalue weighted by atomic mass is 10.2. The smallest absolute Gasteiger partial charge is 0.143 e. The van der Waals surface area contributed by atoms with Crippen LogP contribution >= 0.6 is 23.2 Å². The predicted octanol–water partition coefficient (Wildman–Crippen LogP) is 4.08. The van der Waals surface area contributed by atoms with Crippen LogP contribution in [0.25, 0.3) is 0 Å². The molecule has 0 radical (unpaired) electrons. The summed E-state index contributed by atoms with van der Waals surface area (Å²) in [6, 6.07) is 9.26. The minimum absolute atomic E-state index is 0.376. The van der Waals surface area contributed by atoms with E-state index in [9.17, 15) is 0 Å². The summed E-state index contributed by atoms with van der Waals surface area (Å²) in [5, 5.41) is 4.36. The molecular formula is C15H16Cl2N2O. The fourth-order valence-electron chi connectivity index (χ4n) is 1.80. The average Bonchev–Trinajstić information content (AvgIpc) is 2.45. The second-order valence-electron chi connectivity index (χ2n) is 4.27. The van der Waals surface area contributed by atoms with Crippen molar-refractivity contribution in [2.45, 2.75) is 20.1 Å². The molecule has 3 nitrogen and oxygen atoms in total. The number of ether oxygens (including phenoxy) is 1. The lowest BCUT2D eigenvalue weighted by molar-refractivity contribution is 0.297. The largest absolute Gasteiger partial charge is 0.485 e. The maximum atomic E-state index is 6.22. The molecule has 0 amide bonds. The van der Waals surface area contributed by atoms with E-state index in [1.807, 2.05) is 31.2 Å². The van der Waals surface area contributed by atoms with Gasteiger partial charge in [-0.25, -0.2) is 0 Å². The first kappa shape index (κ1) is 15.1. The minimum Gasteiger partial charge on any atom is -0.485 e. The molecule has 0 aliphatic heterocycles. The molecule has 0 atom stereocenters. The van der Waals surface area contributed by atoms with Crippen molar-refractivity contribution in [3.8, 4) is 5.75 Å². The summed E-state index contributed by atoms with van der Waals surface area (Å²) in [6.45, 7) is 3.94. The second kappa shape index (κ2) is 7.48. The number of halogens is 2. The highest BCUT2D eigenvalue weighted by Crippen LogP contribution is 2.33. The summed E-state index contributed by atoms with van der Waals surface area (Å²) in [5.41, 5.74) is 1.80. The van der Waals surface area contributed by atoms with Crippen molar-refractivity contribution in [1.82, 2.24) is 10.3 Å². The molecule has 1 N–H and O–H groups in total. The summed E-state index contributed by atoms with van der Waals surface area (Å²) in [5.74, 6) is 0.655. The summed E-state index contributed by atoms with van der Waals surface area (Å²) in [4.78, 5) is 4.22. The van der Waals surface area contributed by atoms with Crippen molar-refractivity contribution in [2.75, 3.05) is 6.54 Å². The lowest BCUT2D eigenvalue weighted by Crippen LogP contribution is -2.13. The number of nitrogens with zero attached hydrogens (tertiary/aromatic N) is 1. The van der Waals surface area contributed by atoms with Crippen LogP contribution in [0.2, 0.25) is 10.0 Å². The van der Waals surface area contributed by atoms with Crippen molar-refractivity contribution in [1.29, 1.82) is 0 Å². The first-order valence-corrected chi connectivity index (χ1v) is 7.17. The number of nitrogens with one attached hydrogen (secondary N) is 1. The Morgan fingerprint density at radius 2 is 2.10 bits per heavy atom. The standard InChI is InChI=1S/C15H16Cl2N2O/c1-2-18-9-11-7-12(16)8-14(17)15(11)20-10-13-5-3-4-6-19-13/h3-8,18H,2,9-10H2,1H3. The monoisotopic (exact) mass is 310 g/mol. The summed E-state index contributed by atoms with van der Waals surface area (Å²) >= 11 is 12.3. The van der Waals surface area contributed by atoms with Gasteiger partial charge in [-0.1, -0.05) is 36.2 Å². The molecule has 106 valence electrons. The van der Waals surface area contributed by atoms with Gasteiger partial charge >= 0.3 is 0 Å². The number of hydrogen-bond acceptors (Lipinski definition) is 3. The Hall–Kier alpha value is -1.29. The van der Waals surface area contributed by atoms with E-state index >= 15 is 0 Å². The highest BCUT2D eigenvalue weighted by atomic mass is 35.5. The molecule has 20 heavy (non-hydrogen) atoms. The van der Waals surface area contributed by atoms with Crippen LogP contribution < -0.4 is 10.1 Å². The number of aromatic nitrogens is 1. The van der Waals surface area contributed by atoms with Gasteiger partial charge in [-0.2, -0.15) is 0 Å². The fraction of sp³-hybridized carbons (Fsp3) is 0.267. The van der Waals surface area contributed by atoms with Crippen molar-refractivity contribution >= 4 is 23.2 Å². The molecule has 0 aliphatic carbocycles. The number of hydrogen-bond donors (Lipinski definition) is 1. The van der Waals surface area contributed by atoms with Crippen molar-refractivity contribution in [3.63, 3.8) is 0 Å². The van der Waals surface area contributed by atoms with Crippen LogP contribution in [0.1, 0.15) is 18.2 Å². The van der Waals surface area contributed by atoms with Crippen molar-refractivity contribution in [2.24, 2.45) is 0 Å². The topological polar surface area (TPSA) is 34.1 Å². The third-order valence-electron chi connectivity index (χ3n) is 2.74. The van der Waals surface area contributed by atoms with Crippen LogP contribution in [0.15, 0.2) is 36.5 Å². The molecule has 0 saturated carbocycles. The molecule has 0 spiro atoms. The maximum Gasteiger partial charge on any atom is 0.143 e. The molecule has 1 aromatic heterocycles. The third kappa shape index (κ3) is 4.10. The summed E-state index contributed by atoms with van der Waals surface area (Å²) in [6.07, 6.45) is 1.74. The number of pyridine rings is 1. The van der Waals surface area contributed by atoms with E-state index in [1.165, 1.54) is 0 Å². The van der Waals surface area contributed by atoms with Gasteiger partial charge in [0.2, 0.25) is 0 Å². The Balaban J connectivity index is 2.16. The van der Waals surface area contributed by atoms with E-state index in [4.69, 9.17) is 27.9 Å². The summed E-state index contributed by atoms with van der Waals surface area (Å²) < 4.78 is 5.81. The van der Waals surface area contributed by atoms with Crippen LogP contribution in [-0.4, -0.2) is 11.5 Å². The normalized spacial score (nSPS) is 10.6. The van der Waals surface area contributed by atoms with Crippen LogP contribution in [0, 0.1) is 0 Å². The van der Waals surface area contributed by atoms with Gasteiger partial charge in [-0.15, -0.1) is 0 Å². The Kier molecular flexibility index (Phi) is 5.65. The van der Waals surface area contributed by atoms with Gasteiger partial charge in [0.25, 0.3) is 0 Å². The Morgan fingerprint density at radius 3 is 2.80 bits per heavy atom. The molecule has 0 fully saturated rings. The molecule has 2 rings (SSSR count). The van der Waals surface area contributed by atoms with E-state index in [1.54, 1.807) is 12.3 Å². The highest BCUT2D eigenvalue weighted by Gasteiger charge is 2.11. The van der Waals surface area contributed by atoms with Gasteiger partial charge in [0.05, 0.1) is 10.7 Å². The van der Waals surface area contributed by atoms with Crippen LogP contribution in [0.3, 0.4) is 0 Å². The molecule has 5 heteroatoms. The second-order valence-corrected chi connectivity index (χ2v) is 5.11. The van der Waals surface area contributed by atoms with Gasteiger partial charge in [-0.3, -0.25) is 4.98 Å². The number of benzene rings is 1. The SMILES string of the molecule is CCNCc1cc(Cl)cc(Cl)c1OCc1ccccn1. The lowest BCUT2D eigenvalue weighted by Gasteiger charge is -2.14.